The first kappa shape index (κ1) is 32.2. The van der Waals surface area contributed by atoms with Gasteiger partial charge in [0.1, 0.15) is 0 Å². The molecule has 7 nitrogen and oxygen atoms in total. The monoisotopic (exact) mass is 664 g/mol. The van der Waals surface area contributed by atoms with Gasteiger partial charge in [-0.25, -0.2) is 4.98 Å². The SMILES string of the molecule is CCCCc1ccccc1C(c1ccccc1)(c1ccccc1)n1nnc(-c2cc(Cn3cnc(Cl)c3CO)ccc2-c2ccccc2)n1. The standard InChI is InChI=1S/C41H37ClN6O/c1-2-3-15-32-18-13-14-23-37(32)41(33-19-9-5-10-20-33,34-21-11-6-12-22-34)48-45-40(44-46-48)36-26-30(27-47-29-43-39(42)38(47)28-49)24-25-35(36)31-16-7-4-8-17-31/h4-14,16-26,29,49H,2-3,15,27-28H2,1H3. The van der Waals surface area contributed by atoms with Crippen molar-refractivity contribution < 1.29 is 5.11 Å². The Hall–Kier alpha value is -5.37. The Labute approximate surface area is 291 Å². The molecular weight excluding hydrogens is 628 g/mol. The van der Waals surface area contributed by atoms with Crippen molar-refractivity contribution >= 4 is 11.6 Å². The number of aliphatic hydroxyl groups excluding tert-OH is 1. The third kappa shape index (κ3) is 6.19. The highest BCUT2D eigenvalue weighted by atomic mass is 35.5. The Balaban J connectivity index is 1.45. The third-order valence-corrected chi connectivity index (χ3v) is 9.43. The molecular formula is C41H37ClN6O. The summed E-state index contributed by atoms with van der Waals surface area (Å²) in [5, 5.41) is 25.2. The maximum Gasteiger partial charge on any atom is 0.205 e. The van der Waals surface area contributed by atoms with Gasteiger partial charge in [-0.2, -0.15) is 0 Å². The van der Waals surface area contributed by atoms with Crippen molar-refractivity contribution in [3.8, 4) is 22.5 Å². The van der Waals surface area contributed by atoms with Crippen molar-refractivity contribution in [3.63, 3.8) is 0 Å². The number of tetrazole rings is 1. The van der Waals surface area contributed by atoms with Gasteiger partial charge in [0.15, 0.2) is 10.7 Å². The fourth-order valence-electron chi connectivity index (χ4n) is 6.71. The van der Waals surface area contributed by atoms with Crippen molar-refractivity contribution in [2.45, 2.75) is 44.9 Å². The minimum Gasteiger partial charge on any atom is -0.390 e. The number of rotatable bonds is 12. The van der Waals surface area contributed by atoms with Crippen LogP contribution >= 0.6 is 11.6 Å². The molecule has 0 fully saturated rings. The molecule has 0 saturated heterocycles. The van der Waals surface area contributed by atoms with E-state index in [1.165, 1.54) is 5.56 Å². The molecule has 1 N–H and O–H groups in total. The lowest BCUT2D eigenvalue weighted by molar-refractivity contribution is 0.271. The molecule has 0 atom stereocenters. The fraction of sp³-hybridized carbons (Fsp3) is 0.171. The van der Waals surface area contributed by atoms with Crippen LogP contribution in [0, 0.1) is 0 Å². The van der Waals surface area contributed by atoms with E-state index in [1.807, 2.05) is 34.9 Å². The van der Waals surface area contributed by atoms with Crippen molar-refractivity contribution in [2.24, 2.45) is 0 Å². The number of hydrogen-bond donors (Lipinski definition) is 1. The zero-order valence-corrected chi connectivity index (χ0v) is 28.1. The van der Waals surface area contributed by atoms with Crippen LogP contribution < -0.4 is 0 Å². The minimum absolute atomic E-state index is 0.204. The number of hydrogen-bond acceptors (Lipinski definition) is 5. The minimum atomic E-state index is -0.897. The quantitative estimate of drug-likeness (QED) is 0.132. The Morgan fingerprint density at radius 1 is 0.755 bits per heavy atom. The number of aliphatic hydroxyl groups is 1. The van der Waals surface area contributed by atoms with Crippen LogP contribution in [0.5, 0.6) is 0 Å². The first-order chi connectivity index (χ1) is 24.1. The van der Waals surface area contributed by atoms with Gasteiger partial charge in [-0.3, -0.25) is 0 Å². The predicted molar refractivity (Wildman–Crippen MR) is 194 cm³/mol. The number of imidazole rings is 1. The summed E-state index contributed by atoms with van der Waals surface area (Å²) in [5.74, 6) is 0.508. The Morgan fingerprint density at radius 3 is 2.08 bits per heavy atom. The molecule has 7 aromatic rings. The van der Waals surface area contributed by atoms with E-state index in [0.29, 0.717) is 23.2 Å². The van der Waals surface area contributed by atoms with Gasteiger partial charge >= 0.3 is 0 Å². The maximum absolute atomic E-state index is 9.94. The maximum atomic E-state index is 9.94. The molecule has 0 unspecified atom stereocenters. The molecule has 49 heavy (non-hydrogen) atoms. The van der Waals surface area contributed by atoms with Gasteiger partial charge in [-0.1, -0.05) is 152 Å². The Kier molecular flexibility index (Phi) is 9.46. The number of aryl methyl sites for hydroxylation is 1. The van der Waals surface area contributed by atoms with Crippen LogP contribution in [-0.4, -0.2) is 34.9 Å². The summed E-state index contributed by atoms with van der Waals surface area (Å²) in [6.07, 6.45) is 4.74. The van der Waals surface area contributed by atoms with Crippen molar-refractivity contribution in [3.05, 3.63) is 178 Å². The van der Waals surface area contributed by atoms with Gasteiger partial charge in [0.2, 0.25) is 5.82 Å². The number of halogens is 1. The van der Waals surface area contributed by atoms with Crippen LogP contribution in [-0.2, 0) is 25.1 Å². The van der Waals surface area contributed by atoms with Gasteiger partial charge < -0.3 is 9.67 Å². The van der Waals surface area contributed by atoms with Crippen LogP contribution in [0.1, 0.15) is 53.3 Å². The van der Waals surface area contributed by atoms with Gasteiger partial charge in [0.25, 0.3) is 0 Å². The summed E-state index contributed by atoms with van der Waals surface area (Å²) in [7, 11) is 0. The topological polar surface area (TPSA) is 81.7 Å². The average Bonchev–Trinajstić information content (AvgIpc) is 3.79. The second-order valence-corrected chi connectivity index (χ2v) is 12.5. The van der Waals surface area contributed by atoms with Crippen LogP contribution in [0.25, 0.3) is 22.5 Å². The van der Waals surface area contributed by atoms with E-state index in [-0.39, 0.29) is 6.61 Å². The molecule has 0 aliphatic heterocycles. The van der Waals surface area contributed by atoms with Crippen molar-refractivity contribution in [2.75, 3.05) is 0 Å². The highest BCUT2D eigenvalue weighted by Gasteiger charge is 2.42. The van der Waals surface area contributed by atoms with Gasteiger partial charge in [0.05, 0.1) is 18.6 Å². The number of nitrogens with zero attached hydrogens (tertiary/aromatic N) is 6. The summed E-state index contributed by atoms with van der Waals surface area (Å²) in [4.78, 5) is 6.01. The third-order valence-electron chi connectivity index (χ3n) is 9.11. The summed E-state index contributed by atoms with van der Waals surface area (Å²) in [6, 6.07) is 46.1. The lowest BCUT2D eigenvalue weighted by Gasteiger charge is -2.36. The molecule has 2 aromatic heterocycles. The second kappa shape index (κ2) is 14.4. The molecule has 0 aliphatic carbocycles. The molecule has 0 aliphatic rings. The molecule has 0 bridgehead atoms. The molecule has 5 aromatic carbocycles. The zero-order chi connectivity index (χ0) is 33.6. The Morgan fingerprint density at radius 2 is 1.41 bits per heavy atom. The lowest BCUT2D eigenvalue weighted by Crippen LogP contribution is -2.40. The molecule has 8 heteroatoms. The van der Waals surface area contributed by atoms with Crippen molar-refractivity contribution in [1.82, 2.24) is 29.8 Å². The lowest BCUT2D eigenvalue weighted by atomic mass is 9.75. The van der Waals surface area contributed by atoms with Crippen LogP contribution in [0.4, 0.5) is 0 Å². The summed E-state index contributed by atoms with van der Waals surface area (Å²) >= 11 is 6.26. The molecule has 0 saturated carbocycles. The summed E-state index contributed by atoms with van der Waals surface area (Å²) < 4.78 is 1.86. The summed E-state index contributed by atoms with van der Waals surface area (Å²) in [6.45, 7) is 2.49. The molecule has 7 rings (SSSR count). The van der Waals surface area contributed by atoms with Crippen LogP contribution in [0.2, 0.25) is 5.15 Å². The average molecular weight is 665 g/mol. The first-order valence-electron chi connectivity index (χ1n) is 16.6. The highest BCUT2D eigenvalue weighted by molar-refractivity contribution is 6.30. The zero-order valence-electron chi connectivity index (χ0n) is 27.3. The molecule has 244 valence electrons. The highest BCUT2D eigenvalue weighted by Crippen LogP contribution is 2.42. The van der Waals surface area contributed by atoms with Gasteiger partial charge in [-0.15, -0.1) is 15.0 Å². The van der Waals surface area contributed by atoms with E-state index in [1.54, 1.807) is 11.1 Å². The predicted octanol–water partition coefficient (Wildman–Crippen LogP) is 8.58. The smallest absolute Gasteiger partial charge is 0.205 e. The van der Waals surface area contributed by atoms with E-state index >= 15 is 0 Å². The molecule has 0 spiro atoms. The molecule has 0 amide bonds. The summed E-state index contributed by atoms with van der Waals surface area (Å²) in [5.41, 5.74) is 7.99. The van der Waals surface area contributed by atoms with Gasteiger partial charge in [0, 0.05) is 12.1 Å². The van der Waals surface area contributed by atoms with Gasteiger partial charge in [-0.05, 0) is 63.1 Å². The van der Waals surface area contributed by atoms with E-state index in [2.05, 4.69) is 115 Å². The van der Waals surface area contributed by atoms with E-state index in [4.69, 9.17) is 27.0 Å². The Bertz CT molecular complexity index is 2100. The number of aromatic nitrogens is 6. The second-order valence-electron chi connectivity index (χ2n) is 12.1. The fourth-order valence-corrected chi connectivity index (χ4v) is 6.93. The first-order valence-corrected chi connectivity index (χ1v) is 17.0. The van der Waals surface area contributed by atoms with Crippen LogP contribution in [0.15, 0.2) is 140 Å². The van der Waals surface area contributed by atoms with Crippen molar-refractivity contribution in [1.29, 1.82) is 0 Å². The van der Waals surface area contributed by atoms with Crippen LogP contribution in [0.3, 0.4) is 0 Å². The van der Waals surface area contributed by atoms with E-state index in [9.17, 15) is 5.11 Å². The number of benzene rings is 5. The molecule has 0 radical (unpaired) electrons. The normalized spacial score (nSPS) is 11.6. The van der Waals surface area contributed by atoms with E-state index in [0.717, 1.165) is 58.2 Å². The van der Waals surface area contributed by atoms with E-state index < -0.39 is 5.54 Å². The molecule has 2 heterocycles. The largest absolute Gasteiger partial charge is 0.390 e. The number of unbranched alkanes of at least 4 members (excludes halogenated alkanes) is 1.